The van der Waals surface area contributed by atoms with E-state index in [1.807, 2.05) is 6.07 Å². The van der Waals surface area contributed by atoms with E-state index in [1.54, 1.807) is 19.2 Å². The van der Waals surface area contributed by atoms with Crippen molar-refractivity contribution < 1.29 is 9.84 Å². The lowest BCUT2D eigenvalue weighted by Gasteiger charge is -2.09. The lowest BCUT2D eigenvalue weighted by atomic mass is 10.2. The summed E-state index contributed by atoms with van der Waals surface area (Å²) in [6.45, 7) is 3.89. The molecule has 3 heteroatoms. The SMILES string of the molecule is CCCNCc1ccc(O)cc1OC. The average Bonchev–Trinajstić information content (AvgIpc) is 2.20. The molecule has 3 nitrogen and oxygen atoms in total. The molecule has 0 unspecified atom stereocenters. The summed E-state index contributed by atoms with van der Waals surface area (Å²) in [5, 5.41) is 12.5. The number of phenolic OH excluding ortho intramolecular Hbond substituents is 1. The van der Waals surface area contributed by atoms with Crippen molar-refractivity contribution in [2.45, 2.75) is 19.9 Å². The molecule has 0 aromatic heterocycles. The number of nitrogens with one attached hydrogen (secondary N) is 1. The van der Waals surface area contributed by atoms with Crippen LogP contribution in [-0.2, 0) is 6.54 Å². The zero-order valence-corrected chi connectivity index (χ0v) is 8.71. The third-order valence-electron chi connectivity index (χ3n) is 2.01. The van der Waals surface area contributed by atoms with Gasteiger partial charge in [-0.3, -0.25) is 0 Å². The Morgan fingerprint density at radius 1 is 1.43 bits per heavy atom. The zero-order chi connectivity index (χ0) is 10.4. The van der Waals surface area contributed by atoms with Crippen molar-refractivity contribution in [3.8, 4) is 11.5 Å². The Morgan fingerprint density at radius 3 is 2.86 bits per heavy atom. The molecule has 0 spiro atoms. The fourth-order valence-electron chi connectivity index (χ4n) is 1.28. The molecule has 1 aromatic rings. The minimum atomic E-state index is 0.237. The second kappa shape index (κ2) is 5.50. The minimum absolute atomic E-state index is 0.237. The number of hydrogen-bond acceptors (Lipinski definition) is 3. The Morgan fingerprint density at radius 2 is 2.21 bits per heavy atom. The van der Waals surface area contributed by atoms with Gasteiger partial charge < -0.3 is 15.2 Å². The van der Waals surface area contributed by atoms with Crippen LogP contribution < -0.4 is 10.1 Å². The van der Waals surface area contributed by atoms with Gasteiger partial charge in [-0.15, -0.1) is 0 Å². The first-order valence-electron chi connectivity index (χ1n) is 4.84. The van der Waals surface area contributed by atoms with E-state index in [0.717, 1.165) is 30.8 Å². The van der Waals surface area contributed by atoms with Gasteiger partial charge in [-0.2, -0.15) is 0 Å². The van der Waals surface area contributed by atoms with Gasteiger partial charge in [-0.1, -0.05) is 13.0 Å². The molecule has 1 rings (SSSR count). The van der Waals surface area contributed by atoms with Crippen molar-refractivity contribution in [2.75, 3.05) is 13.7 Å². The van der Waals surface area contributed by atoms with Crippen LogP contribution in [0.1, 0.15) is 18.9 Å². The van der Waals surface area contributed by atoms with Crippen molar-refractivity contribution in [2.24, 2.45) is 0 Å². The van der Waals surface area contributed by atoms with Crippen molar-refractivity contribution in [1.29, 1.82) is 0 Å². The summed E-state index contributed by atoms with van der Waals surface area (Å²) in [5.74, 6) is 0.967. The van der Waals surface area contributed by atoms with E-state index < -0.39 is 0 Å². The molecule has 1 aromatic carbocycles. The molecule has 0 aliphatic carbocycles. The second-order valence-corrected chi connectivity index (χ2v) is 3.17. The van der Waals surface area contributed by atoms with Gasteiger partial charge >= 0.3 is 0 Å². The summed E-state index contributed by atoms with van der Waals surface area (Å²) in [5.41, 5.74) is 1.07. The van der Waals surface area contributed by atoms with Crippen LogP contribution in [0.15, 0.2) is 18.2 Å². The molecule has 0 atom stereocenters. The molecule has 0 fully saturated rings. The van der Waals surface area contributed by atoms with Gasteiger partial charge in [0.25, 0.3) is 0 Å². The van der Waals surface area contributed by atoms with E-state index in [2.05, 4.69) is 12.2 Å². The predicted molar refractivity (Wildman–Crippen MR) is 56.7 cm³/mol. The van der Waals surface area contributed by atoms with Crippen LogP contribution in [0.25, 0.3) is 0 Å². The van der Waals surface area contributed by atoms with Crippen molar-refractivity contribution in [3.63, 3.8) is 0 Å². The van der Waals surface area contributed by atoms with E-state index in [4.69, 9.17) is 4.74 Å². The van der Waals surface area contributed by atoms with Gasteiger partial charge in [0.05, 0.1) is 7.11 Å². The maximum absolute atomic E-state index is 9.24. The number of rotatable bonds is 5. The summed E-state index contributed by atoms with van der Waals surface area (Å²) >= 11 is 0. The van der Waals surface area contributed by atoms with Crippen LogP contribution in [0, 0.1) is 0 Å². The molecule has 0 aliphatic heterocycles. The van der Waals surface area contributed by atoms with Crippen molar-refractivity contribution in [1.82, 2.24) is 5.32 Å². The third-order valence-corrected chi connectivity index (χ3v) is 2.01. The van der Waals surface area contributed by atoms with Crippen LogP contribution in [0.2, 0.25) is 0 Å². The van der Waals surface area contributed by atoms with Crippen LogP contribution in [-0.4, -0.2) is 18.8 Å². The lowest BCUT2D eigenvalue weighted by molar-refractivity contribution is 0.401. The molecule has 78 valence electrons. The number of hydrogen-bond donors (Lipinski definition) is 2. The first-order chi connectivity index (χ1) is 6.77. The molecule has 0 amide bonds. The molecule has 0 aliphatic rings. The summed E-state index contributed by atoms with van der Waals surface area (Å²) in [6, 6.07) is 5.17. The molecular weight excluding hydrogens is 178 g/mol. The van der Waals surface area contributed by atoms with Crippen LogP contribution >= 0.6 is 0 Å². The highest BCUT2D eigenvalue weighted by molar-refractivity contribution is 5.39. The number of aromatic hydroxyl groups is 1. The highest BCUT2D eigenvalue weighted by Crippen LogP contribution is 2.23. The van der Waals surface area contributed by atoms with Crippen LogP contribution in [0.5, 0.6) is 11.5 Å². The Kier molecular flexibility index (Phi) is 4.26. The maximum Gasteiger partial charge on any atom is 0.127 e. The largest absolute Gasteiger partial charge is 0.508 e. The minimum Gasteiger partial charge on any atom is -0.508 e. The van der Waals surface area contributed by atoms with E-state index >= 15 is 0 Å². The molecule has 14 heavy (non-hydrogen) atoms. The monoisotopic (exact) mass is 195 g/mol. The topological polar surface area (TPSA) is 41.5 Å². The fourth-order valence-corrected chi connectivity index (χ4v) is 1.28. The van der Waals surface area contributed by atoms with Gasteiger partial charge in [0.1, 0.15) is 11.5 Å². The van der Waals surface area contributed by atoms with Crippen LogP contribution in [0.3, 0.4) is 0 Å². The van der Waals surface area contributed by atoms with Crippen LogP contribution in [0.4, 0.5) is 0 Å². The number of phenols is 1. The zero-order valence-electron chi connectivity index (χ0n) is 8.71. The Labute approximate surface area is 84.7 Å². The number of ether oxygens (including phenoxy) is 1. The third kappa shape index (κ3) is 2.92. The molecule has 2 N–H and O–H groups in total. The van der Waals surface area contributed by atoms with Gasteiger partial charge in [0.2, 0.25) is 0 Å². The van der Waals surface area contributed by atoms with E-state index in [1.165, 1.54) is 0 Å². The molecular formula is C11H17NO2. The summed E-state index contributed by atoms with van der Waals surface area (Å²) in [7, 11) is 1.61. The maximum atomic E-state index is 9.24. The molecule has 0 saturated heterocycles. The van der Waals surface area contributed by atoms with E-state index in [-0.39, 0.29) is 5.75 Å². The Hall–Kier alpha value is -1.22. The number of methoxy groups -OCH3 is 1. The standard InChI is InChI=1S/C11H17NO2/c1-3-6-12-8-9-4-5-10(13)7-11(9)14-2/h4-5,7,12-13H,3,6,8H2,1-2H3. The van der Waals surface area contributed by atoms with Gasteiger partial charge in [-0.05, 0) is 19.0 Å². The van der Waals surface area contributed by atoms with Gasteiger partial charge in [0.15, 0.2) is 0 Å². The Bertz CT molecular complexity index is 287. The van der Waals surface area contributed by atoms with E-state index in [9.17, 15) is 5.11 Å². The Balaban J connectivity index is 2.65. The van der Waals surface area contributed by atoms with Crippen molar-refractivity contribution >= 4 is 0 Å². The number of benzene rings is 1. The van der Waals surface area contributed by atoms with E-state index in [0.29, 0.717) is 0 Å². The predicted octanol–water partition coefficient (Wildman–Crippen LogP) is 1.90. The summed E-state index contributed by atoms with van der Waals surface area (Å²) in [6.07, 6.45) is 1.11. The van der Waals surface area contributed by atoms with Gasteiger partial charge in [0, 0.05) is 18.2 Å². The molecule has 0 bridgehead atoms. The van der Waals surface area contributed by atoms with Crippen molar-refractivity contribution in [3.05, 3.63) is 23.8 Å². The molecule has 0 saturated carbocycles. The average molecular weight is 195 g/mol. The quantitative estimate of drug-likeness (QED) is 0.705. The highest BCUT2D eigenvalue weighted by atomic mass is 16.5. The summed E-state index contributed by atoms with van der Waals surface area (Å²) < 4.78 is 5.16. The smallest absolute Gasteiger partial charge is 0.127 e. The summed E-state index contributed by atoms with van der Waals surface area (Å²) in [4.78, 5) is 0. The molecule has 0 heterocycles. The lowest BCUT2D eigenvalue weighted by Crippen LogP contribution is -2.14. The molecule has 0 radical (unpaired) electrons. The normalized spacial score (nSPS) is 10.1. The first-order valence-corrected chi connectivity index (χ1v) is 4.84. The highest BCUT2D eigenvalue weighted by Gasteiger charge is 2.02. The first kappa shape index (κ1) is 10.9. The van der Waals surface area contributed by atoms with Gasteiger partial charge in [-0.25, -0.2) is 0 Å². The fraction of sp³-hybridized carbons (Fsp3) is 0.455. The second-order valence-electron chi connectivity index (χ2n) is 3.17.